The Labute approximate surface area is 142 Å². The van der Waals surface area contributed by atoms with Gasteiger partial charge in [0.2, 0.25) is 0 Å². The van der Waals surface area contributed by atoms with Crippen LogP contribution in [0.4, 0.5) is 0 Å². The number of aliphatic imine (C=N–C) groups is 1. The molecule has 2 aliphatic heterocycles. The number of likely N-dealkylation sites (tertiary alicyclic amines) is 1. The Morgan fingerprint density at radius 2 is 2.04 bits per heavy atom. The van der Waals surface area contributed by atoms with Crippen molar-refractivity contribution in [1.29, 1.82) is 0 Å². The van der Waals surface area contributed by atoms with Crippen LogP contribution in [0.2, 0.25) is 0 Å². The summed E-state index contributed by atoms with van der Waals surface area (Å²) in [7, 11) is 2.19. The average molecular weight is 325 g/mol. The molecule has 0 aromatic heterocycles. The molecule has 134 valence electrons. The summed E-state index contributed by atoms with van der Waals surface area (Å²) in [6.07, 6.45) is 2.74. The van der Waals surface area contributed by atoms with Crippen molar-refractivity contribution in [2.24, 2.45) is 22.2 Å². The quantitative estimate of drug-likeness (QED) is 0.599. The summed E-state index contributed by atoms with van der Waals surface area (Å²) >= 11 is 0. The summed E-state index contributed by atoms with van der Waals surface area (Å²) in [5.41, 5.74) is 0.201. The summed E-state index contributed by atoms with van der Waals surface area (Å²) in [6.45, 7) is 15.0. The lowest BCUT2D eigenvalue weighted by atomic mass is 9.81. The molecule has 2 aliphatic rings. The lowest BCUT2D eigenvalue weighted by Crippen LogP contribution is -2.43. The first-order valence-electron chi connectivity index (χ1n) is 9.22. The minimum atomic E-state index is 0.201. The second-order valence-corrected chi connectivity index (χ2v) is 8.22. The predicted molar refractivity (Wildman–Crippen MR) is 96.9 cm³/mol. The van der Waals surface area contributed by atoms with E-state index in [0.29, 0.717) is 17.9 Å². The highest BCUT2D eigenvalue weighted by atomic mass is 16.5. The van der Waals surface area contributed by atoms with Crippen LogP contribution in [0.1, 0.15) is 40.5 Å². The van der Waals surface area contributed by atoms with Gasteiger partial charge in [-0.3, -0.25) is 4.99 Å². The Kier molecular flexibility index (Phi) is 6.72. The van der Waals surface area contributed by atoms with Gasteiger partial charge < -0.3 is 20.3 Å². The fraction of sp³-hybridized carbons (Fsp3) is 0.944. The SMILES string of the molecule is CCNC(=NC[C@@H]1CCN(C)C1)NC[C@@H]1CCO[C@H]1C(C)(C)C. The fourth-order valence-electron chi connectivity index (χ4n) is 3.77. The molecule has 2 rings (SSSR count). The van der Waals surface area contributed by atoms with Crippen LogP contribution in [0, 0.1) is 17.3 Å². The van der Waals surface area contributed by atoms with Crippen molar-refractivity contribution in [2.45, 2.75) is 46.6 Å². The number of nitrogens with one attached hydrogen (secondary N) is 2. The minimum Gasteiger partial charge on any atom is -0.377 e. The van der Waals surface area contributed by atoms with E-state index in [1.54, 1.807) is 0 Å². The molecule has 0 amide bonds. The van der Waals surface area contributed by atoms with Gasteiger partial charge in [-0.2, -0.15) is 0 Å². The van der Waals surface area contributed by atoms with Gasteiger partial charge in [-0.1, -0.05) is 20.8 Å². The van der Waals surface area contributed by atoms with Crippen LogP contribution in [0.5, 0.6) is 0 Å². The van der Waals surface area contributed by atoms with Gasteiger partial charge in [0.15, 0.2) is 5.96 Å². The van der Waals surface area contributed by atoms with Crippen LogP contribution in [-0.2, 0) is 4.74 Å². The average Bonchev–Trinajstić information content (AvgIpc) is 3.10. The van der Waals surface area contributed by atoms with E-state index >= 15 is 0 Å². The molecule has 5 nitrogen and oxygen atoms in total. The molecule has 0 aromatic rings. The van der Waals surface area contributed by atoms with Crippen molar-refractivity contribution in [2.75, 3.05) is 46.4 Å². The molecule has 23 heavy (non-hydrogen) atoms. The molecule has 0 aliphatic carbocycles. The minimum absolute atomic E-state index is 0.201. The maximum absolute atomic E-state index is 5.97. The predicted octanol–water partition coefficient (Wildman–Crippen LogP) is 1.94. The molecule has 0 aromatic carbocycles. The number of ether oxygens (including phenoxy) is 1. The third-order valence-electron chi connectivity index (χ3n) is 4.94. The standard InChI is InChI=1S/C18H36N4O/c1-6-19-17(20-11-14-7-9-22(5)13-14)21-12-15-8-10-23-16(15)18(2,3)4/h14-16H,6-13H2,1-5H3,(H2,19,20,21)/t14-,15-,16+/m0/s1. The van der Waals surface area contributed by atoms with Crippen LogP contribution in [0.15, 0.2) is 4.99 Å². The monoisotopic (exact) mass is 324 g/mol. The summed E-state index contributed by atoms with van der Waals surface area (Å²) in [4.78, 5) is 7.20. The van der Waals surface area contributed by atoms with Crippen molar-refractivity contribution >= 4 is 5.96 Å². The number of rotatable bonds is 5. The van der Waals surface area contributed by atoms with Crippen LogP contribution in [0.25, 0.3) is 0 Å². The first-order chi connectivity index (χ1) is 10.9. The van der Waals surface area contributed by atoms with Crippen molar-refractivity contribution in [3.63, 3.8) is 0 Å². The van der Waals surface area contributed by atoms with Crippen LogP contribution < -0.4 is 10.6 Å². The number of hydrogen-bond acceptors (Lipinski definition) is 3. The van der Waals surface area contributed by atoms with Gasteiger partial charge in [0.1, 0.15) is 0 Å². The molecule has 0 spiro atoms. The normalized spacial score (nSPS) is 30.0. The van der Waals surface area contributed by atoms with E-state index < -0.39 is 0 Å². The third-order valence-corrected chi connectivity index (χ3v) is 4.94. The van der Waals surface area contributed by atoms with Gasteiger partial charge >= 0.3 is 0 Å². The van der Waals surface area contributed by atoms with Gasteiger partial charge in [0.25, 0.3) is 0 Å². The lowest BCUT2D eigenvalue weighted by Gasteiger charge is -2.31. The Bertz CT molecular complexity index is 391. The topological polar surface area (TPSA) is 48.9 Å². The highest BCUT2D eigenvalue weighted by Gasteiger charge is 2.37. The summed E-state index contributed by atoms with van der Waals surface area (Å²) in [5.74, 6) is 2.23. The molecule has 2 N–H and O–H groups in total. The van der Waals surface area contributed by atoms with Crippen molar-refractivity contribution in [3.05, 3.63) is 0 Å². The van der Waals surface area contributed by atoms with E-state index in [1.807, 2.05) is 0 Å². The molecule has 0 bridgehead atoms. The zero-order valence-corrected chi connectivity index (χ0v) is 15.7. The van der Waals surface area contributed by atoms with Gasteiger partial charge in [0.05, 0.1) is 6.10 Å². The number of guanidine groups is 1. The van der Waals surface area contributed by atoms with Crippen LogP contribution >= 0.6 is 0 Å². The number of hydrogen-bond donors (Lipinski definition) is 2. The molecule has 2 fully saturated rings. The molecule has 0 radical (unpaired) electrons. The molecule has 3 atom stereocenters. The highest BCUT2D eigenvalue weighted by molar-refractivity contribution is 5.79. The van der Waals surface area contributed by atoms with Crippen LogP contribution in [-0.4, -0.2) is 63.3 Å². The van der Waals surface area contributed by atoms with Crippen LogP contribution in [0.3, 0.4) is 0 Å². The molecule has 0 unspecified atom stereocenters. The first-order valence-corrected chi connectivity index (χ1v) is 9.22. The van der Waals surface area contributed by atoms with E-state index in [4.69, 9.17) is 9.73 Å². The summed E-state index contributed by atoms with van der Waals surface area (Å²) in [6, 6.07) is 0. The Hall–Kier alpha value is -0.810. The second-order valence-electron chi connectivity index (χ2n) is 8.22. The summed E-state index contributed by atoms with van der Waals surface area (Å²) in [5, 5.41) is 6.92. The molecule has 2 heterocycles. The van der Waals surface area contributed by atoms with Crippen molar-refractivity contribution in [3.8, 4) is 0 Å². The smallest absolute Gasteiger partial charge is 0.191 e. The van der Waals surface area contributed by atoms with E-state index in [2.05, 4.69) is 50.3 Å². The second kappa shape index (κ2) is 8.34. The maximum atomic E-state index is 5.97. The Morgan fingerprint density at radius 3 is 2.65 bits per heavy atom. The molecule has 5 heteroatoms. The number of nitrogens with zero attached hydrogens (tertiary/aromatic N) is 2. The fourth-order valence-corrected chi connectivity index (χ4v) is 3.77. The Morgan fingerprint density at radius 1 is 1.26 bits per heavy atom. The van der Waals surface area contributed by atoms with Gasteiger partial charge in [-0.25, -0.2) is 0 Å². The maximum Gasteiger partial charge on any atom is 0.191 e. The van der Waals surface area contributed by atoms with E-state index in [9.17, 15) is 0 Å². The first kappa shape index (κ1) is 18.5. The molecular weight excluding hydrogens is 288 g/mol. The summed E-state index contributed by atoms with van der Waals surface area (Å²) < 4.78 is 5.97. The highest BCUT2D eigenvalue weighted by Crippen LogP contribution is 2.34. The van der Waals surface area contributed by atoms with Crippen molar-refractivity contribution < 1.29 is 4.74 Å². The Balaban J connectivity index is 1.84. The van der Waals surface area contributed by atoms with Crippen molar-refractivity contribution in [1.82, 2.24) is 15.5 Å². The largest absolute Gasteiger partial charge is 0.377 e. The van der Waals surface area contributed by atoms with E-state index in [1.165, 1.54) is 19.5 Å². The van der Waals surface area contributed by atoms with Gasteiger partial charge in [-0.05, 0) is 44.7 Å². The van der Waals surface area contributed by atoms with Gasteiger partial charge in [0, 0.05) is 38.7 Å². The van der Waals surface area contributed by atoms with E-state index in [-0.39, 0.29) is 5.41 Å². The molecule has 0 saturated carbocycles. The zero-order valence-electron chi connectivity index (χ0n) is 15.7. The van der Waals surface area contributed by atoms with Gasteiger partial charge in [-0.15, -0.1) is 0 Å². The zero-order chi connectivity index (χ0) is 16.9. The van der Waals surface area contributed by atoms with E-state index in [0.717, 1.165) is 38.6 Å². The lowest BCUT2D eigenvalue weighted by molar-refractivity contribution is 0.00801. The third kappa shape index (κ3) is 5.64. The molecular formula is C18H36N4O. The molecule has 2 saturated heterocycles.